The number of ether oxygens (including phenoxy) is 2. The highest BCUT2D eigenvalue weighted by Gasteiger charge is 2.37. The minimum Gasteiger partial charge on any atom is -0.350 e. The molecule has 2 unspecified atom stereocenters. The molecule has 1 fully saturated rings. The summed E-state index contributed by atoms with van der Waals surface area (Å²) in [5, 5.41) is 0. The summed E-state index contributed by atoms with van der Waals surface area (Å²) in [6, 6.07) is 0. The van der Waals surface area contributed by atoms with E-state index in [0.29, 0.717) is 0 Å². The molecule has 2 heteroatoms. The molecule has 62 valence electrons. The molecule has 1 heterocycles. The Morgan fingerprint density at radius 2 is 2.45 bits per heavy atom. The van der Waals surface area contributed by atoms with Gasteiger partial charge in [0.15, 0.2) is 6.29 Å². The topological polar surface area (TPSA) is 21.8 Å². The second-order valence-corrected chi connectivity index (χ2v) is 2.46. The first-order valence-corrected chi connectivity index (χ1v) is 3.94. The molecule has 0 aromatic rings. The fraction of sp³-hybridized carbons (Fsp3) is 0.556. The predicted octanol–water partition coefficient (Wildman–Crippen LogP) is 1.88. The summed E-state index contributed by atoms with van der Waals surface area (Å²) in [5.41, 5.74) is 0. The molecule has 1 aliphatic rings. The molecule has 2 atom stereocenters. The van der Waals surface area contributed by atoms with E-state index in [1.807, 2.05) is 12.2 Å². The average molecular weight is 154 g/mol. The molecule has 0 radical (unpaired) electrons. The Morgan fingerprint density at radius 3 is 3.09 bits per heavy atom. The molecule has 0 bridgehead atoms. The van der Waals surface area contributed by atoms with Gasteiger partial charge in [-0.1, -0.05) is 31.7 Å². The zero-order valence-electron chi connectivity index (χ0n) is 6.82. The summed E-state index contributed by atoms with van der Waals surface area (Å²) in [6.45, 7) is 6.43. The molecule has 0 amide bonds. The van der Waals surface area contributed by atoms with Crippen molar-refractivity contribution in [2.45, 2.75) is 25.7 Å². The highest BCUT2D eigenvalue weighted by molar-refractivity contribution is 5.06. The van der Waals surface area contributed by atoms with E-state index in [0.717, 1.165) is 13.0 Å². The Labute approximate surface area is 67.5 Å². The van der Waals surface area contributed by atoms with Crippen LogP contribution in [0.3, 0.4) is 0 Å². The van der Waals surface area contributed by atoms with Gasteiger partial charge in [0.05, 0.1) is 0 Å². The normalized spacial score (nSPS) is 29.2. The zero-order chi connectivity index (χ0) is 8.10. The summed E-state index contributed by atoms with van der Waals surface area (Å²) < 4.78 is 10.5. The fourth-order valence-electron chi connectivity index (χ4n) is 0.802. The zero-order valence-corrected chi connectivity index (χ0v) is 6.82. The SMILES string of the molecule is C=CC=CC1OC1OCCC. The Morgan fingerprint density at radius 1 is 1.64 bits per heavy atom. The van der Waals surface area contributed by atoms with E-state index < -0.39 is 0 Å². The molecule has 0 N–H and O–H groups in total. The second kappa shape index (κ2) is 4.31. The average Bonchev–Trinajstić information content (AvgIpc) is 2.76. The van der Waals surface area contributed by atoms with Crippen molar-refractivity contribution in [3.63, 3.8) is 0 Å². The summed E-state index contributed by atoms with van der Waals surface area (Å²) in [6.07, 6.45) is 6.77. The molecule has 1 rings (SSSR count). The van der Waals surface area contributed by atoms with Crippen molar-refractivity contribution in [1.82, 2.24) is 0 Å². The van der Waals surface area contributed by atoms with Crippen molar-refractivity contribution in [2.24, 2.45) is 0 Å². The first kappa shape index (κ1) is 8.50. The summed E-state index contributed by atoms with van der Waals surface area (Å²) in [5.74, 6) is 0. The molecule has 2 nitrogen and oxygen atoms in total. The molecule has 1 aliphatic heterocycles. The molecule has 11 heavy (non-hydrogen) atoms. The van der Waals surface area contributed by atoms with E-state index in [1.54, 1.807) is 6.08 Å². The van der Waals surface area contributed by atoms with Gasteiger partial charge in [0.2, 0.25) is 0 Å². The van der Waals surface area contributed by atoms with E-state index in [2.05, 4.69) is 13.5 Å². The number of hydrogen-bond acceptors (Lipinski definition) is 2. The third-order valence-corrected chi connectivity index (χ3v) is 1.41. The molecule has 0 aromatic carbocycles. The smallest absolute Gasteiger partial charge is 0.188 e. The highest BCUT2D eigenvalue weighted by Crippen LogP contribution is 2.24. The van der Waals surface area contributed by atoms with Gasteiger partial charge < -0.3 is 9.47 Å². The van der Waals surface area contributed by atoms with Crippen LogP contribution in [0.25, 0.3) is 0 Å². The van der Waals surface area contributed by atoms with Crippen LogP contribution in [-0.2, 0) is 9.47 Å². The second-order valence-electron chi connectivity index (χ2n) is 2.46. The molecular weight excluding hydrogens is 140 g/mol. The Bertz CT molecular complexity index is 152. The Balaban J connectivity index is 2.06. The maximum Gasteiger partial charge on any atom is 0.188 e. The Kier molecular flexibility index (Phi) is 3.33. The van der Waals surface area contributed by atoms with Crippen LogP contribution in [-0.4, -0.2) is 19.0 Å². The number of allylic oxidation sites excluding steroid dienone is 2. The largest absolute Gasteiger partial charge is 0.350 e. The molecule has 1 saturated heterocycles. The van der Waals surface area contributed by atoms with Crippen LogP contribution >= 0.6 is 0 Å². The van der Waals surface area contributed by atoms with Crippen molar-refractivity contribution in [2.75, 3.05) is 6.61 Å². The fourth-order valence-corrected chi connectivity index (χ4v) is 0.802. The monoisotopic (exact) mass is 154 g/mol. The van der Waals surface area contributed by atoms with Gasteiger partial charge in [0, 0.05) is 6.61 Å². The summed E-state index contributed by atoms with van der Waals surface area (Å²) >= 11 is 0. The van der Waals surface area contributed by atoms with E-state index >= 15 is 0 Å². The molecule has 0 aromatic heterocycles. The van der Waals surface area contributed by atoms with Crippen molar-refractivity contribution in [3.8, 4) is 0 Å². The van der Waals surface area contributed by atoms with Crippen molar-refractivity contribution in [3.05, 3.63) is 24.8 Å². The van der Waals surface area contributed by atoms with Crippen molar-refractivity contribution < 1.29 is 9.47 Å². The van der Waals surface area contributed by atoms with E-state index in [-0.39, 0.29) is 12.4 Å². The van der Waals surface area contributed by atoms with E-state index in [4.69, 9.17) is 9.47 Å². The van der Waals surface area contributed by atoms with Gasteiger partial charge in [-0.05, 0) is 6.42 Å². The maximum atomic E-state index is 5.30. The lowest BCUT2D eigenvalue weighted by Crippen LogP contribution is -1.98. The molecular formula is C9H14O2. The van der Waals surface area contributed by atoms with Crippen LogP contribution in [0.15, 0.2) is 24.8 Å². The summed E-state index contributed by atoms with van der Waals surface area (Å²) in [7, 11) is 0. The van der Waals surface area contributed by atoms with Gasteiger partial charge in [-0.15, -0.1) is 0 Å². The van der Waals surface area contributed by atoms with Crippen LogP contribution < -0.4 is 0 Å². The van der Waals surface area contributed by atoms with Crippen LogP contribution in [0, 0.1) is 0 Å². The predicted molar refractivity (Wildman–Crippen MR) is 44.2 cm³/mol. The third kappa shape index (κ3) is 2.87. The van der Waals surface area contributed by atoms with Gasteiger partial charge in [-0.3, -0.25) is 0 Å². The maximum absolute atomic E-state index is 5.30. The molecule has 0 spiro atoms. The van der Waals surface area contributed by atoms with E-state index in [1.165, 1.54) is 0 Å². The third-order valence-electron chi connectivity index (χ3n) is 1.41. The number of rotatable bonds is 5. The van der Waals surface area contributed by atoms with E-state index in [9.17, 15) is 0 Å². The van der Waals surface area contributed by atoms with Crippen LogP contribution in [0.2, 0.25) is 0 Å². The van der Waals surface area contributed by atoms with Gasteiger partial charge in [-0.2, -0.15) is 0 Å². The molecule has 0 aliphatic carbocycles. The first-order chi connectivity index (χ1) is 5.38. The first-order valence-electron chi connectivity index (χ1n) is 3.94. The highest BCUT2D eigenvalue weighted by atomic mass is 16.8. The van der Waals surface area contributed by atoms with Gasteiger partial charge in [-0.25, -0.2) is 0 Å². The van der Waals surface area contributed by atoms with Crippen LogP contribution in [0.5, 0.6) is 0 Å². The number of hydrogen-bond donors (Lipinski definition) is 0. The minimum atomic E-state index is 0.00569. The van der Waals surface area contributed by atoms with Gasteiger partial charge in [0.25, 0.3) is 0 Å². The minimum absolute atomic E-state index is 0.00569. The lowest BCUT2D eigenvalue weighted by atomic mass is 10.4. The van der Waals surface area contributed by atoms with Crippen LogP contribution in [0.1, 0.15) is 13.3 Å². The Hall–Kier alpha value is -0.600. The summed E-state index contributed by atoms with van der Waals surface area (Å²) in [4.78, 5) is 0. The van der Waals surface area contributed by atoms with Gasteiger partial charge in [0.1, 0.15) is 6.10 Å². The van der Waals surface area contributed by atoms with Crippen LogP contribution in [0.4, 0.5) is 0 Å². The molecule has 0 saturated carbocycles. The number of epoxide rings is 1. The van der Waals surface area contributed by atoms with Crippen molar-refractivity contribution >= 4 is 0 Å². The van der Waals surface area contributed by atoms with Crippen molar-refractivity contribution in [1.29, 1.82) is 0 Å². The quantitative estimate of drug-likeness (QED) is 0.445. The standard InChI is InChI=1S/C9H14O2/c1-3-5-6-8-9(11-8)10-7-4-2/h3,5-6,8-9H,1,4,7H2,2H3. The lowest BCUT2D eigenvalue weighted by molar-refractivity contribution is 0.0507. The lowest BCUT2D eigenvalue weighted by Gasteiger charge is -1.93. The van der Waals surface area contributed by atoms with Gasteiger partial charge >= 0.3 is 0 Å².